The van der Waals surface area contributed by atoms with E-state index < -0.39 is 0 Å². The second kappa shape index (κ2) is 3.52. The van der Waals surface area contributed by atoms with Crippen LogP contribution in [0.25, 0.3) is 0 Å². The largest absolute Gasteiger partial charge is 0.356 e. The third-order valence-electron chi connectivity index (χ3n) is 1.96. The number of anilines is 1. The lowest BCUT2D eigenvalue weighted by atomic mass is 10.3. The van der Waals surface area contributed by atoms with Crippen LogP contribution < -0.4 is 4.90 Å². The second-order valence-corrected chi connectivity index (χ2v) is 3.17. The molecule has 1 rings (SSSR count). The standard InChI is InChI=1S/C9H15N3/c1-7(2)12(4)9-8(3)10-5-6-11-9/h5-7H,1-4H3. The molecule has 0 saturated carbocycles. The molecule has 1 aromatic rings. The maximum absolute atomic E-state index is 4.26. The molecule has 3 nitrogen and oxygen atoms in total. The maximum atomic E-state index is 4.26. The van der Waals surface area contributed by atoms with Crippen LogP contribution in [0.3, 0.4) is 0 Å². The van der Waals surface area contributed by atoms with Crippen LogP contribution in [0.1, 0.15) is 19.5 Å². The highest BCUT2D eigenvalue weighted by atomic mass is 15.2. The van der Waals surface area contributed by atoms with Gasteiger partial charge in [0.2, 0.25) is 0 Å². The zero-order valence-corrected chi connectivity index (χ0v) is 8.07. The fourth-order valence-corrected chi connectivity index (χ4v) is 0.991. The Balaban J connectivity index is 2.94. The van der Waals surface area contributed by atoms with E-state index in [9.17, 15) is 0 Å². The van der Waals surface area contributed by atoms with Crippen LogP contribution in [0.2, 0.25) is 0 Å². The van der Waals surface area contributed by atoms with Crippen molar-refractivity contribution in [3.8, 4) is 0 Å². The zero-order chi connectivity index (χ0) is 9.14. The van der Waals surface area contributed by atoms with E-state index in [0.717, 1.165) is 11.5 Å². The van der Waals surface area contributed by atoms with Crippen molar-refractivity contribution < 1.29 is 0 Å². The normalized spacial score (nSPS) is 10.4. The summed E-state index contributed by atoms with van der Waals surface area (Å²) in [5, 5.41) is 0. The molecule has 0 aliphatic carbocycles. The van der Waals surface area contributed by atoms with Gasteiger partial charge in [0, 0.05) is 25.5 Å². The molecule has 0 aromatic carbocycles. The Morgan fingerprint density at radius 1 is 1.25 bits per heavy atom. The molecular weight excluding hydrogens is 150 g/mol. The summed E-state index contributed by atoms with van der Waals surface area (Å²) in [7, 11) is 2.03. The van der Waals surface area contributed by atoms with Gasteiger partial charge in [0.1, 0.15) is 5.82 Å². The Morgan fingerprint density at radius 2 is 1.83 bits per heavy atom. The summed E-state index contributed by atoms with van der Waals surface area (Å²) in [4.78, 5) is 10.6. The van der Waals surface area contributed by atoms with Crippen molar-refractivity contribution >= 4 is 5.82 Å². The summed E-state index contributed by atoms with van der Waals surface area (Å²) < 4.78 is 0. The minimum atomic E-state index is 0.459. The van der Waals surface area contributed by atoms with E-state index in [1.165, 1.54) is 0 Å². The first-order chi connectivity index (χ1) is 5.63. The molecule has 0 unspecified atom stereocenters. The smallest absolute Gasteiger partial charge is 0.149 e. The van der Waals surface area contributed by atoms with Crippen LogP contribution in [-0.2, 0) is 0 Å². The number of aromatic nitrogens is 2. The molecule has 0 bridgehead atoms. The van der Waals surface area contributed by atoms with E-state index in [2.05, 4.69) is 28.7 Å². The van der Waals surface area contributed by atoms with Crippen LogP contribution >= 0.6 is 0 Å². The van der Waals surface area contributed by atoms with E-state index in [1.54, 1.807) is 12.4 Å². The molecule has 0 fully saturated rings. The zero-order valence-electron chi connectivity index (χ0n) is 8.07. The Kier molecular flexibility index (Phi) is 2.63. The second-order valence-electron chi connectivity index (χ2n) is 3.17. The van der Waals surface area contributed by atoms with Crippen molar-refractivity contribution in [2.75, 3.05) is 11.9 Å². The summed E-state index contributed by atoms with van der Waals surface area (Å²) in [6.45, 7) is 6.24. The molecule has 1 aromatic heterocycles. The van der Waals surface area contributed by atoms with Gasteiger partial charge in [-0.3, -0.25) is 4.98 Å². The Morgan fingerprint density at radius 3 is 2.33 bits per heavy atom. The highest BCUT2D eigenvalue weighted by Gasteiger charge is 2.08. The first-order valence-corrected chi connectivity index (χ1v) is 4.13. The molecular formula is C9H15N3. The van der Waals surface area contributed by atoms with Crippen LogP contribution in [0.15, 0.2) is 12.4 Å². The van der Waals surface area contributed by atoms with Crippen LogP contribution in [0, 0.1) is 6.92 Å². The minimum Gasteiger partial charge on any atom is -0.356 e. The van der Waals surface area contributed by atoms with Gasteiger partial charge in [0.15, 0.2) is 0 Å². The Bertz CT molecular complexity index is 258. The number of nitrogens with zero attached hydrogens (tertiary/aromatic N) is 3. The molecule has 0 N–H and O–H groups in total. The molecule has 0 spiro atoms. The highest BCUT2D eigenvalue weighted by molar-refractivity contribution is 5.41. The van der Waals surface area contributed by atoms with Crippen LogP contribution in [-0.4, -0.2) is 23.1 Å². The summed E-state index contributed by atoms with van der Waals surface area (Å²) in [5.74, 6) is 0.965. The molecule has 0 atom stereocenters. The molecule has 1 heterocycles. The maximum Gasteiger partial charge on any atom is 0.149 e. The molecule has 0 amide bonds. The monoisotopic (exact) mass is 165 g/mol. The number of aryl methyl sites for hydroxylation is 1. The molecule has 0 aliphatic heterocycles. The van der Waals surface area contributed by atoms with Gasteiger partial charge >= 0.3 is 0 Å². The van der Waals surface area contributed by atoms with Gasteiger partial charge < -0.3 is 4.90 Å². The average molecular weight is 165 g/mol. The van der Waals surface area contributed by atoms with Gasteiger partial charge in [0.25, 0.3) is 0 Å². The topological polar surface area (TPSA) is 29.0 Å². The quantitative estimate of drug-likeness (QED) is 0.667. The van der Waals surface area contributed by atoms with Crippen molar-refractivity contribution in [3.63, 3.8) is 0 Å². The van der Waals surface area contributed by atoms with Gasteiger partial charge in [-0.2, -0.15) is 0 Å². The van der Waals surface area contributed by atoms with E-state index in [4.69, 9.17) is 0 Å². The number of hydrogen-bond donors (Lipinski definition) is 0. The first-order valence-electron chi connectivity index (χ1n) is 4.13. The highest BCUT2D eigenvalue weighted by Crippen LogP contribution is 2.13. The molecule has 12 heavy (non-hydrogen) atoms. The molecule has 66 valence electrons. The predicted octanol–water partition coefficient (Wildman–Crippen LogP) is 1.63. The first kappa shape index (κ1) is 8.97. The van der Waals surface area contributed by atoms with Crippen molar-refractivity contribution in [3.05, 3.63) is 18.1 Å². The van der Waals surface area contributed by atoms with Crippen molar-refractivity contribution in [1.29, 1.82) is 0 Å². The average Bonchev–Trinajstić information content (AvgIpc) is 2.04. The van der Waals surface area contributed by atoms with Crippen molar-refractivity contribution in [1.82, 2.24) is 9.97 Å². The molecule has 3 heteroatoms. The van der Waals surface area contributed by atoms with Gasteiger partial charge in [-0.1, -0.05) is 0 Å². The van der Waals surface area contributed by atoms with Gasteiger partial charge in [-0.15, -0.1) is 0 Å². The fraction of sp³-hybridized carbons (Fsp3) is 0.556. The van der Waals surface area contributed by atoms with Crippen LogP contribution in [0.4, 0.5) is 5.82 Å². The SMILES string of the molecule is Cc1nccnc1N(C)C(C)C. The summed E-state index contributed by atoms with van der Waals surface area (Å²) in [6.07, 6.45) is 3.44. The van der Waals surface area contributed by atoms with E-state index in [1.807, 2.05) is 14.0 Å². The molecule has 0 saturated heterocycles. The molecule has 0 radical (unpaired) electrons. The summed E-state index contributed by atoms with van der Waals surface area (Å²) in [6, 6.07) is 0.459. The van der Waals surface area contributed by atoms with Crippen molar-refractivity contribution in [2.45, 2.75) is 26.8 Å². The van der Waals surface area contributed by atoms with Gasteiger partial charge in [0.05, 0.1) is 5.69 Å². The minimum absolute atomic E-state index is 0.459. The van der Waals surface area contributed by atoms with Crippen LogP contribution in [0.5, 0.6) is 0 Å². The third-order valence-corrected chi connectivity index (χ3v) is 1.96. The number of hydrogen-bond acceptors (Lipinski definition) is 3. The van der Waals surface area contributed by atoms with Crippen molar-refractivity contribution in [2.24, 2.45) is 0 Å². The lowest BCUT2D eigenvalue weighted by Gasteiger charge is -2.23. The summed E-state index contributed by atoms with van der Waals surface area (Å²) in [5.41, 5.74) is 0.980. The van der Waals surface area contributed by atoms with E-state index in [0.29, 0.717) is 6.04 Å². The summed E-state index contributed by atoms with van der Waals surface area (Å²) >= 11 is 0. The van der Waals surface area contributed by atoms with E-state index in [-0.39, 0.29) is 0 Å². The third kappa shape index (κ3) is 1.72. The predicted molar refractivity (Wildman–Crippen MR) is 50.3 cm³/mol. The fourth-order valence-electron chi connectivity index (χ4n) is 0.991. The Labute approximate surface area is 73.5 Å². The lowest BCUT2D eigenvalue weighted by Crippen LogP contribution is -2.27. The number of rotatable bonds is 2. The molecule has 0 aliphatic rings. The lowest BCUT2D eigenvalue weighted by molar-refractivity contribution is 0.736. The Hall–Kier alpha value is -1.12. The van der Waals surface area contributed by atoms with Gasteiger partial charge in [-0.25, -0.2) is 4.98 Å². The van der Waals surface area contributed by atoms with E-state index >= 15 is 0 Å². The van der Waals surface area contributed by atoms with Gasteiger partial charge in [-0.05, 0) is 20.8 Å².